The molecule has 0 heterocycles. The fourth-order valence-corrected chi connectivity index (χ4v) is 1.78. The van der Waals surface area contributed by atoms with Gasteiger partial charge in [0, 0.05) is 0 Å². The average Bonchev–Trinajstić information content (AvgIpc) is 2.31. The van der Waals surface area contributed by atoms with Gasteiger partial charge in [-0.3, -0.25) is 0 Å². The first kappa shape index (κ1) is 10.9. The van der Waals surface area contributed by atoms with Crippen LogP contribution in [0.1, 0.15) is 17.0 Å². The van der Waals surface area contributed by atoms with Gasteiger partial charge in [0.15, 0.2) is 0 Å². The van der Waals surface area contributed by atoms with Gasteiger partial charge in [0.05, 0.1) is 5.92 Å². The summed E-state index contributed by atoms with van der Waals surface area (Å²) in [7, 11) is 0. The summed E-state index contributed by atoms with van der Waals surface area (Å²) in [5.41, 5.74) is 1.74. The number of benzene rings is 2. The summed E-state index contributed by atoms with van der Waals surface area (Å²) in [5.74, 6) is -0.470. The summed E-state index contributed by atoms with van der Waals surface area (Å²) in [4.78, 5) is 0. The Kier molecular flexibility index (Phi) is 3.34. The van der Waals surface area contributed by atoms with Gasteiger partial charge >= 0.3 is 0 Å². The van der Waals surface area contributed by atoms with Crippen LogP contribution in [0.15, 0.2) is 60.7 Å². The van der Waals surface area contributed by atoms with Crippen molar-refractivity contribution in [2.24, 2.45) is 0 Å². The molecule has 0 saturated carbocycles. The Morgan fingerprint density at radius 3 is 1.38 bits per heavy atom. The smallest absolute Gasteiger partial charge is 0.230 e. The second kappa shape index (κ2) is 4.92. The van der Waals surface area contributed by atoms with Crippen molar-refractivity contribution in [3.63, 3.8) is 0 Å². The molecule has 0 aromatic heterocycles. The minimum absolute atomic E-state index is 0.470. The van der Waals surface area contributed by atoms with Crippen LogP contribution < -0.4 is 0 Å². The van der Waals surface area contributed by atoms with Crippen molar-refractivity contribution in [3.8, 4) is 0 Å². The molecule has 0 saturated heterocycles. The van der Waals surface area contributed by atoms with Crippen LogP contribution in [0.2, 0.25) is 0 Å². The SMILES string of the molecule is O[C](O)C(c1ccccc1)c1ccccc1. The highest BCUT2D eigenvalue weighted by atomic mass is 16.5. The summed E-state index contributed by atoms with van der Waals surface area (Å²) in [5, 5.41) is 18.8. The van der Waals surface area contributed by atoms with E-state index in [0.29, 0.717) is 0 Å². The Labute approximate surface area is 94.8 Å². The van der Waals surface area contributed by atoms with Crippen LogP contribution in [-0.4, -0.2) is 10.2 Å². The zero-order valence-electron chi connectivity index (χ0n) is 8.75. The summed E-state index contributed by atoms with van der Waals surface area (Å²) in [6, 6.07) is 18.9. The lowest BCUT2D eigenvalue weighted by molar-refractivity contribution is 0.0667. The van der Waals surface area contributed by atoms with Gasteiger partial charge in [-0.1, -0.05) is 60.7 Å². The largest absolute Gasteiger partial charge is 0.361 e. The normalized spacial score (nSPS) is 11.0. The van der Waals surface area contributed by atoms with E-state index in [0.717, 1.165) is 11.1 Å². The maximum absolute atomic E-state index is 9.39. The van der Waals surface area contributed by atoms with Gasteiger partial charge in [-0.25, -0.2) is 0 Å². The molecule has 0 amide bonds. The molecule has 81 valence electrons. The second-order valence-electron chi connectivity index (χ2n) is 3.61. The molecular formula is C14H13O2. The summed E-state index contributed by atoms with van der Waals surface area (Å²) in [6.45, 7) is 0. The predicted octanol–water partition coefficient (Wildman–Crippen LogP) is 3.05. The van der Waals surface area contributed by atoms with E-state index in [4.69, 9.17) is 0 Å². The summed E-state index contributed by atoms with van der Waals surface area (Å²) < 4.78 is 0. The highest BCUT2D eigenvalue weighted by molar-refractivity contribution is 5.35. The van der Waals surface area contributed by atoms with E-state index in [1.165, 1.54) is 0 Å². The van der Waals surface area contributed by atoms with Crippen LogP contribution in [0.3, 0.4) is 0 Å². The Morgan fingerprint density at radius 2 is 1.06 bits per heavy atom. The van der Waals surface area contributed by atoms with Crippen molar-refractivity contribution in [1.29, 1.82) is 0 Å². The van der Waals surface area contributed by atoms with Crippen LogP contribution in [0.25, 0.3) is 0 Å². The zero-order valence-corrected chi connectivity index (χ0v) is 8.75. The van der Waals surface area contributed by atoms with Crippen molar-refractivity contribution in [3.05, 3.63) is 78.1 Å². The average molecular weight is 213 g/mol. The van der Waals surface area contributed by atoms with E-state index < -0.39 is 12.2 Å². The molecule has 1 radical (unpaired) electrons. The maximum atomic E-state index is 9.39. The molecule has 2 rings (SSSR count). The maximum Gasteiger partial charge on any atom is 0.230 e. The number of aliphatic hydroxyl groups is 2. The van der Waals surface area contributed by atoms with Gasteiger partial charge in [-0.2, -0.15) is 0 Å². The Balaban J connectivity index is 2.40. The molecule has 0 spiro atoms. The van der Waals surface area contributed by atoms with Gasteiger partial charge in [0.2, 0.25) is 6.29 Å². The minimum Gasteiger partial charge on any atom is -0.361 e. The van der Waals surface area contributed by atoms with Crippen LogP contribution >= 0.6 is 0 Å². The second-order valence-corrected chi connectivity index (χ2v) is 3.61. The van der Waals surface area contributed by atoms with E-state index in [9.17, 15) is 10.2 Å². The fraction of sp³-hybridized carbons (Fsp3) is 0.0714. The minimum atomic E-state index is -0.572. The quantitative estimate of drug-likeness (QED) is 0.822. The van der Waals surface area contributed by atoms with Crippen LogP contribution in [-0.2, 0) is 0 Å². The molecule has 0 unspecified atom stereocenters. The van der Waals surface area contributed by atoms with Gasteiger partial charge < -0.3 is 10.2 Å². The Hall–Kier alpha value is -1.64. The first-order valence-corrected chi connectivity index (χ1v) is 5.13. The van der Waals surface area contributed by atoms with Gasteiger partial charge in [-0.15, -0.1) is 0 Å². The molecule has 2 N–H and O–H groups in total. The van der Waals surface area contributed by atoms with E-state index in [2.05, 4.69) is 0 Å². The molecule has 2 heteroatoms. The third-order valence-electron chi connectivity index (χ3n) is 2.52. The topological polar surface area (TPSA) is 40.5 Å². The first-order chi connectivity index (χ1) is 7.79. The Bertz CT molecular complexity index is 384. The predicted molar refractivity (Wildman–Crippen MR) is 61.8 cm³/mol. The lowest BCUT2D eigenvalue weighted by atomic mass is 9.91. The molecule has 0 aliphatic heterocycles. The molecule has 0 aliphatic rings. The van der Waals surface area contributed by atoms with Crippen molar-refractivity contribution < 1.29 is 10.2 Å². The molecule has 0 atom stereocenters. The number of hydrogen-bond acceptors (Lipinski definition) is 2. The first-order valence-electron chi connectivity index (χ1n) is 5.13. The van der Waals surface area contributed by atoms with Crippen LogP contribution in [0, 0.1) is 6.29 Å². The highest BCUT2D eigenvalue weighted by Gasteiger charge is 2.22. The van der Waals surface area contributed by atoms with E-state index in [1.807, 2.05) is 60.7 Å². The third kappa shape index (κ3) is 2.30. The third-order valence-corrected chi connectivity index (χ3v) is 2.52. The standard InChI is InChI=1S/C14H13O2/c15-14(16)13(11-7-3-1-4-8-11)12-9-5-2-6-10-12/h1-10,13,15-16H. The molecule has 0 bridgehead atoms. The summed E-state index contributed by atoms with van der Waals surface area (Å²) >= 11 is 0. The van der Waals surface area contributed by atoms with Crippen LogP contribution in [0.4, 0.5) is 0 Å². The van der Waals surface area contributed by atoms with E-state index >= 15 is 0 Å². The molecule has 0 aliphatic carbocycles. The van der Waals surface area contributed by atoms with Crippen LogP contribution in [0.5, 0.6) is 0 Å². The molecule has 2 nitrogen and oxygen atoms in total. The molecule has 16 heavy (non-hydrogen) atoms. The zero-order chi connectivity index (χ0) is 11.4. The Morgan fingerprint density at radius 1 is 0.688 bits per heavy atom. The van der Waals surface area contributed by atoms with Gasteiger partial charge in [0.1, 0.15) is 0 Å². The molecule has 2 aromatic carbocycles. The van der Waals surface area contributed by atoms with Gasteiger partial charge in [0.25, 0.3) is 0 Å². The lowest BCUT2D eigenvalue weighted by Crippen LogP contribution is -2.11. The fourth-order valence-electron chi connectivity index (χ4n) is 1.78. The molecule has 2 aromatic rings. The molecular weight excluding hydrogens is 200 g/mol. The monoisotopic (exact) mass is 213 g/mol. The molecule has 0 fully saturated rings. The number of aliphatic hydroxyl groups excluding tert-OH is 1. The van der Waals surface area contributed by atoms with Crippen molar-refractivity contribution in [2.75, 3.05) is 0 Å². The number of hydrogen-bond donors (Lipinski definition) is 2. The van der Waals surface area contributed by atoms with Gasteiger partial charge in [-0.05, 0) is 11.1 Å². The highest BCUT2D eigenvalue weighted by Crippen LogP contribution is 2.30. The summed E-state index contributed by atoms with van der Waals surface area (Å²) in [6.07, 6.45) is -0.572. The van der Waals surface area contributed by atoms with Crippen molar-refractivity contribution in [1.82, 2.24) is 0 Å². The van der Waals surface area contributed by atoms with Crippen molar-refractivity contribution >= 4 is 0 Å². The van der Waals surface area contributed by atoms with E-state index in [1.54, 1.807) is 0 Å². The number of rotatable bonds is 3. The van der Waals surface area contributed by atoms with Crippen molar-refractivity contribution in [2.45, 2.75) is 5.92 Å². The lowest BCUT2D eigenvalue weighted by Gasteiger charge is -2.18. The van der Waals surface area contributed by atoms with E-state index in [-0.39, 0.29) is 0 Å².